The number of para-hydroxylation sites is 3. The van der Waals surface area contributed by atoms with Crippen LogP contribution in [-0.4, -0.2) is 27.7 Å². The van der Waals surface area contributed by atoms with E-state index in [9.17, 15) is 5.11 Å². The van der Waals surface area contributed by atoms with E-state index in [1.54, 1.807) is 0 Å². The van der Waals surface area contributed by atoms with Gasteiger partial charge in [0.1, 0.15) is 17.2 Å². The third-order valence-electron chi connectivity index (χ3n) is 10.3. The van der Waals surface area contributed by atoms with Gasteiger partial charge in [-0.25, -0.2) is 4.98 Å². The van der Waals surface area contributed by atoms with Crippen molar-refractivity contribution in [1.29, 1.82) is 0 Å². The predicted octanol–water partition coefficient (Wildman–Crippen LogP) is 12.0. The number of rotatable bonds is 5. The molecule has 5 aromatic carbocycles. The van der Waals surface area contributed by atoms with Crippen LogP contribution in [0.5, 0.6) is 5.75 Å². The number of hydrogen-bond acceptors (Lipinski definition) is 4. The molecule has 0 saturated heterocycles. The fourth-order valence-electron chi connectivity index (χ4n) is 7.22. The quantitative estimate of drug-likeness (QED) is 0.138. The van der Waals surface area contributed by atoms with E-state index in [4.69, 9.17) is 14.4 Å². The predicted molar refractivity (Wildman–Crippen MR) is 223 cm³/mol. The molecule has 7 heteroatoms. The molecule has 0 unspecified atom stereocenters. The van der Waals surface area contributed by atoms with Crippen LogP contribution in [0.25, 0.3) is 72.4 Å². The Morgan fingerprint density at radius 2 is 1.46 bits per heavy atom. The maximum atomic E-state index is 12.1. The molecule has 3 aromatic heterocycles. The van der Waals surface area contributed by atoms with E-state index in [-0.39, 0.29) is 37.6 Å². The van der Waals surface area contributed by atoms with Crippen molar-refractivity contribution in [2.24, 2.45) is 0 Å². The summed E-state index contributed by atoms with van der Waals surface area (Å²) in [5.41, 5.74) is 10.0. The van der Waals surface area contributed by atoms with Crippen LogP contribution in [0.2, 0.25) is 19.6 Å². The van der Waals surface area contributed by atoms with Gasteiger partial charge in [0.05, 0.1) is 30.3 Å². The molecule has 0 aliphatic carbocycles. The Labute approximate surface area is 333 Å². The first kappa shape index (κ1) is 37.5. The maximum absolute atomic E-state index is 12.1. The van der Waals surface area contributed by atoms with E-state index in [0.29, 0.717) is 11.4 Å². The van der Waals surface area contributed by atoms with Gasteiger partial charge >= 0.3 is 0 Å². The van der Waals surface area contributed by atoms with E-state index < -0.39 is 8.07 Å². The standard InChI is InChI=1S/C47H46N3O2Si.Pt/c1-46(2,3)30-26-37(43(51)38(27-30)47(4,5)6)45-49-42-34(19-15-20-40(42)50(45)31-16-11-10-12-17-31)36-25-29(39-23-22-32(28-48-39)53(7,8)9)24-35-33-18-13-14-21-41(33)52-44(35)36;/h10-24,26-28,51H,1-9H3;/q-1;. The molecule has 0 saturated carbocycles. The molecule has 5 nitrogen and oxygen atoms in total. The fraction of sp³-hybridized carbons (Fsp3) is 0.234. The fourth-order valence-corrected chi connectivity index (χ4v) is 8.26. The molecular weight excluding hydrogens is 862 g/mol. The van der Waals surface area contributed by atoms with Gasteiger partial charge in [0, 0.05) is 49.6 Å². The topological polar surface area (TPSA) is 64.1 Å². The molecule has 0 amide bonds. The number of pyridine rings is 1. The molecule has 276 valence electrons. The Morgan fingerprint density at radius 3 is 2.13 bits per heavy atom. The first-order valence-corrected chi connectivity index (χ1v) is 21.9. The van der Waals surface area contributed by atoms with Crippen LogP contribution in [-0.2, 0) is 31.9 Å². The van der Waals surface area contributed by atoms with Crippen LogP contribution in [0.1, 0.15) is 52.7 Å². The number of aromatic nitrogens is 3. The Kier molecular flexibility index (Phi) is 9.39. The van der Waals surface area contributed by atoms with Crippen molar-refractivity contribution in [3.05, 3.63) is 127 Å². The molecule has 0 aliphatic rings. The summed E-state index contributed by atoms with van der Waals surface area (Å²) in [4.78, 5) is 10.4. The van der Waals surface area contributed by atoms with Crippen LogP contribution in [0.15, 0.2) is 114 Å². The van der Waals surface area contributed by atoms with Gasteiger partial charge in [-0.2, -0.15) is 0 Å². The van der Waals surface area contributed by atoms with Crippen LogP contribution in [0.3, 0.4) is 0 Å². The van der Waals surface area contributed by atoms with Gasteiger partial charge in [-0.1, -0.05) is 145 Å². The normalized spacial score (nSPS) is 12.5. The molecule has 8 rings (SSSR count). The van der Waals surface area contributed by atoms with Gasteiger partial charge in [-0.3, -0.25) is 9.55 Å². The molecule has 0 bridgehead atoms. The number of benzene rings is 5. The Balaban J connectivity index is 0.00000450. The summed E-state index contributed by atoms with van der Waals surface area (Å²) in [5, 5.41) is 15.5. The monoisotopic (exact) mass is 907 g/mol. The molecule has 0 spiro atoms. The number of hydrogen-bond donors (Lipinski definition) is 1. The number of fused-ring (bicyclic) bond motifs is 4. The second-order valence-electron chi connectivity index (χ2n) is 17.3. The molecule has 8 aromatic rings. The number of phenols is 1. The number of aromatic hydroxyl groups is 1. The summed E-state index contributed by atoms with van der Waals surface area (Å²) < 4.78 is 8.82. The van der Waals surface area contributed by atoms with Crippen molar-refractivity contribution in [3.63, 3.8) is 0 Å². The average Bonchev–Trinajstić information content (AvgIpc) is 3.69. The second kappa shape index (κ2) is 13.5. The van der Waals surface area contributed by atoms with Crippen LogP contribution in [0.4, 0.5) is 0 Å². The first-order chi connectivity index (χ1) is 25.1. The Bertz CT molecular complexity index is 2670. The third-order valence-corrected chi connectivity index (χ3v) is 12.3. The van der Waals surface area contributed by atoms with E-state index in [0.717, 1.165) is 72.2 Å². The molecule has 0 radical (unpaired) electrons. The maximum Gasteiger partial charge on any atom is 0.148 e. The smallest absolute Gasteiger partial charge is 0.148 e. The molecule has 0 aliphatic heterocycles. The molecule has 0 fully saturated rings. The summed E-state index contributed by atoms with van der Waals surface area (Å²) in [5.74, 6) is 0.925. The first-order valence-electron chi connectivity index (χ1n) is 18.4. The number of nitrogens with zero attached hydrogens (tertiary/aromatic N) is 3. The minimum absolute atomic E-state index is 0. The largest absolute Gasteiger partial charge is 0.507 e. The van der Waals surface area contributed by atoms with Crippen molar-refractivity contribution < 1.29 is 30.6 Å². The Morgan fingerprint density at radius 1 is 0.741 bits per heavy atom. The zero-order valence-electron chi connectivity index (χ0n) is 32.4. The summed E-state index contributed by atoms with van der Waals surface area (Å²) in [6.07, 6.45) is 2.03. The summed E-state index contributed by atoms with van der Waals surface area (Å²) in [6.45, 7) is 20.1. The van der Waals surface area contributed by atoms with Crippen LogP contribution in [0, 0.1) is 6.07 Å². The van der Waals surface area contributed by atoms with Gasteiger partial charge < -0.3 is 9.52 Å². The molecule has 0 atom stereocenters. The zero-order valence-corrected chi connectivity index (χ0v) is 35.7. The third kappa shape index (κ3) is 6.54. The number of furan rings is 1. The van der Waals surface area contributed by atoms with Gasteiger partial charge in [0.2, 0.25) is 0 Å². The van der Waals surface area contributed by atoms with Crippen molar-refractivity contribution in [1.82, 2.24) is 14.5 Å². The van der Waals surface area contributed by atoms with E-state index in [1.807, 2.05) is 42.6 Å². The van der Waals surface area contributed by atoms with Crippen molar-refractivity contribution in [2.45, 2.75) is 72.0 Å². The number of phenolic OH excluding ortho intramolecular Hbond substituents is 1. The molecule has 1 N–H and O–H groups in total. The molecule has 3 heterocycles. The van der Waals surface area contributed by atoms with E-state index in [1.165, 1.54) is 5.19 Å². The number of imidazole rings is 1. The van der Waals surface area contributed by atoms with Gasteiger partial charge in [0.25, 0.3) is 0 Å². The molecule has 54 heavy (non-hydrogen) atoms. The van der Waals surface area contributed by atoms with Gasteiger partial charge in [0.15, 0.2) is 0 Å². The molecular formula is C47H46N3O2PtSi-. The Hall–Kier alpha value is -4.77. The summed E-state index contributed by atoms with van der Waals surface area (Å²) >= 11 is 0. The minimum atomic E-state index is -1.53. The van der Waals surface area contributed by atoms with Crippen LogP contribution >= 0.6 is 0 Å². The van der Waals surface area contributed by atoms with Crippen LogP contribution < -0.4 is 5.19 Å². The SMILES string of the molecule is CC(C)(C)c1cc(-c2nc3c(-c4[c-]c(-c5ccc([Si](C)(C)C)cn5)cc5c4oc4ccccc45)cccc3n2-c2ccccc2)c(O)c(C(C)(C)C)c1.[Pt]. The minimum Gasteiger partial charge on any atom is -0.507 e. The second-order valence-corrected chi connectivity index (χ2v) is 22.4. The summed E-state index contributed by atoms with van der Waals surface area (Å²) in [7, 11) is -1.53. The zero-order chi connectivity index (χ0) is 37.4. The van der Waals surface area contributed by atoms with E-state index in [2.05, 4.69) is 139 Å². The van der Waals surface area contributed by atoms with Gasteiger partial charge in [-0.15, -0.1) is 12.1 Å². The van der Waals surface area contributed by atoms with Crippen molar-refractivity contribution >= 4 is 46.2 Å². The summed E-state index contributed by atoms with van der Waals surface area (Å²) in [6, 6.07) is 39.3. The van der Waals surface area contributed by atoms with Gasteiger partial charge in [-0.05, 0) is 57.3 Å². The van der Waals surface area contributed by atoms with E-state index >= 15 is 0 Å². The van der Waals surface area contributed by atoms with Crippen molar-refractivity contribution in [3.8, 4) is 45.2 Å². The van der Waals surface area contributed by atoms with Crippen molar-refractivity contribution in [2.75, 3.05) is 0 Å². The average molecular weight is 908 g/mol.